The van der Waals surface area contributed by atoms with Crippen LogP contribution in [0.15, 0.2) is 42.5 Å². The number of nitrogens with zero attached hydrogens (tertiary/aromatic N) is 2. The van der Waals surface area contributed by atoms with Crippen LogP contribution in [0.5, 0.6) is 0 Å². The number of nitro groups is 1. The van der Waals surface area contributed by atoms with Crippen molar-refractivity contribution in [3.63, 3.8) is 0 Å². The number of rotatable bonds is 6. The average molecular weight is 372 g/mol. The molecule has 3 aromatic rings. The lowest BCUT2D eigenvalue weighted by atomic mass is 10.2. The van der Waals surface area contributed by atoms with Crippen molar-refractivity contribution in [2.24, 2.45) is 0 Å². The first kappa shape index (κ1) is 17.3. The number of urea groups is 1. The molecule has 26 heavy (non-hydrogen) atoms. The van der Waals surface area contributed by atoms with Gasteiger partial charge in [-0.2, -0.15) is 0 Å². The zero-order valence-corrected chi connectivity index (χ0v) is 14.0. The Bertz CT molecular complexity index is 988. The lowest BCUT2D eigenvalue weighted by Crippen LogP contribution is -2.19. The number of carbonyl (C=O) groups is 2. The Hall–Kier alpha value is -3.53. The first-order chi connectivity index (χ1) is 12.5. The van der Waals surface area contributed by atoms with Gasteiger partial charge in [-0.25, -0.2) is 9.78 Å². The van der Waals surface area contributed by atoms with E-state index in [1.165, 1.54) is 29.5 Å². The third-order valence-corrected chi connectivity index (χ3v) is 4.24. The maximum atomic E-state index is 12.1. The van der Waals surface area contributed by atoms with Crippen molar-refractivity contribution in [2.45, 2.75) is 6.61 Å². The molecule has 0 atom stereocenters. The van der Waals surface area contributed by atoms with E-state index in [9.17, 15) is 19.7 Å². The van der Waals surface area contributed by atoms with Crippen LogP contribution in [0, 0.1) is 10.1 Å². The fourth-order valence-corrected chi connectivity index (χ4v) is 3.12. The summed E-state index contributed by atoms with van der Waals surface area (Å²) in [6.45, 7) is 0.537. The molecule has 0 saturated heterocycles. The number of nitrogens with one attached hydrogen (secondary N) is 2. The summed E-state index contributed by atoms with van der Waals surface area (Å²) in [4.78, 5) is 36.8. The van der Waals surface area contributed by atoms with Crippen LogP contribution in [0.3, 0.4) is 0 Å². The predicted octanol–water partition coefficient (Wildman–Crippen LogP) is 3.52. The van der Waals surface area contributed by atoms with Gasteiger partial charge in [0.2, 0.25) is 0 Å². The monoisotopic (exact) mass is 372 g/mol. The molecular weight excluding hydrogens is 360 g/mol. The summed E-state index contributed by atoms with van der Waals surface area (Å²) >= 11 is 1.26. The minimum atomic E-state index is -0.561. The minimum Gasteiger partial charge on any atom is -0.463 e. The Morgan fingerprint density at radius 2 is 2.12 bits per heavy atom. The molecule has 9 nitrogen and oxygen atoms in total. The molecule has 0 radical (unpaired) electrons. The molecule has 0 spiro atoms. The molecule has 0 fully saturated rings. The van der Waals surface area contributed by atoms with E-state index in [2.05, 4.69) is 15.6 Å². The zero-order chi connectivity index (χ0) is 18.5. The maximum absolute atomic E-state index is 12.1. The number of fused-ring (bicyclic) bond motifs is 1. The highest BCUT2D eigenvalue weighted by Crippen LogP contribution is 2.27. The molecule has 132 valence electrons. The van der Waals surface area contributed by atoms with Gasteiger partial charge < -0.3 is 10.1 Å². The standard InChI is InChI=1S/C16H12N4O5S/c21-9-25-8-10-4-5-13-14(6-10)26-16(18-13)19-15(22)17-11-2-1-3-12(7-11)20(23)24/h1-7,9H,8H2,(H2,17,18,19,22). The zero-order valence-electron chi connectivity index (χ0n) is 13.2. The summed E-state index contributed by atoms with van der Waals surface area (Å²) in [5, 5.41) is 16.2. The van der Waals surface area contributed by atoms with Crippen LogP contribution in [0.25, 0.3) is 10.2 Å². The van der Waals surface area contributed by atoms with E-state index in [-0.39, 0.29) is 12.3 Å². The summed E-state index contributed by atoms with van der Waals surface area (Å²) in [7, 11) is 0. The van der Waals surface area contributed by atoms with Crippen LogP contribution in [0.4, 0.5) is 21.3 Å². The van der Waals surface area contributed by atoms with Crippen LogP contribution < -0.4 is 10.6 Å². The molecule has 0 aliphatic rings. The number of aromatic nitrogens is 1. The van der Waals surface area contributed by atoms with Gasteiger partial charge in [-0.05, 0) is 23.8 Å². The fraction of sp³-hybridized carbons (Fsp3) is 0.0625. The Kier molecular flexibility index (Phi) is 5.04. The fourth-order valence-electron chi connectivity index (χ4n) is 2.20. The normalized spacial score (nSPS) is 10.3. The Balaban J connectivity index is 1.69. The summed E-state index contributed by atoms with van der Waals surface area (Å²) in [5.41, 5.74) is 1.68. The van der Waals surface area contributed by atoms with Gasteiger partial charge in [-0.15, -0.1) is 0 Å². The second kappa shape index (κ2) is 7.57. The van der Waals surface area contributed by atoms with E-state index in [0.717, 1.165) is 10.3 Å². The quantitative estimate of drug-likeness (QED) is 0.388. The Labute approximate surface area is 150 Å². The van der Waals surface area contributed by atoms with Gasteiger partial charge >= 0.3 is 6.03 Å². The van der Waals surface area contributed by atoms with Crippen molar-refractivity contribution in [3.8, 4) is 0 Å². The van der Waals surface area contributed by atoms with E-state index >= 15 is 0 Å². The smallest absolute Gasteiger partial charge is 0.325 e. The van der Waals surface area contributed by atoms with Gasteiger partial charge in [0.15, 0.2) is 5.13 Å². The molecule has 3 rings (SSSR count). The first-order valence-corrected chi connectivity index (χ1v) is 8.14. The van der Waals surface area contributed by atoms with E-state index in [1.807, 2.05) is 6.07 Å². The molecule has 0 bridgehead atoms. The van der Waals surface area contributed by atoms with Crippen molar-refractivity contribution in [1.82, 2.24) is 4.98 Å². The van der Waals surface area contributed by atoms with E-state index in [0.29, 0.717) is 22.8 Å². The van der Waals surface area contributed by atoms with Gasteiger partial charge in [-0.1, -0.05) is 23.5 Å². The van der Waals surface area contributed by atoms with Crippen molar-refractivity contribution < 1.29 is 19.2 Å². The van der Waals surface area contributed by atoms with Gasteiger partial charge in [0.1, 0.15) is 6.61 Å². The number of anilines is 2. The second-order valence-corrected chi connectivity index (χ2v) is 6.15. The summed E-state index contributed by atoms with van der Waals surface area (Å²) in [6, 6.07) is 10.4. The molecule has 2 amide bonds. The number of hydrogen-bond donors (Lipinski definition) is 2. The van der Waals surface area contributed by atoms with Gasteiger partial charge in [0, 0.05) is 17.8 Å². The molecule has 10 heteroatoms. The summed E-state index contributed by atoms with van der Waals surface area (Å²) in [5.74, 6) is 0. The van der Waals surface area contributed by atoms with Gasteiger partial charge in [0.05, 0.1) is 15.1 Å². The van der Waals surface area contributed by atoms with E-state index in [4.69, 9.17) is 4.74 Å². The molecular formula is C16H12N4O5S. The topological polar surface area (TPSA) is 123 Å². The van der Waals surface area contributed by atoms with Crippen molar-refractivity contribution in [2.75, 3.05) is 10.6 Å². The largest absolute Gasteiger partial charge is 0.463 e. The molecule has 0 aliphatic carbocycles. The molecule has 0 aliphatic heterocycles. The van der Waals surface area contributed by atoms with Crippen molar-refractivity contribution in [1.29, 1.82) is 0 Å². The highest BCUT2D eigenvalue weighted by atomic mass is 32.1. The highest BCUT2D eigenvalue weighted by Gasteiger charge is 2.11. The average Bonchev–Trinajstić information content (AvgIpc) is 3.01. The second-order valence-electron chi connectivity index (χ2n) is 5.11. The number of non-ortho nitro benzene ring substituents is 1. The number of amides is 2. The molecule has 0 unspecified atom stereocenters. The minimum absolute atomic E-state index is 0.118. The Morgan fingerprint density at radius 3 is 2.88 bits per heavy atom. The maximum Gasteiger partial charge on any atom is 0.325 e. The van der Waals surface area contributed by atoms with Crippen LogP contribution in [0.2, 0.25) is 0 Å². The molecule has 2 N–H and O–H groups in total. The number of nitro benzene ring substituents is 1. The Morgan fingerprint density at radius 1 is 1.27 bits per heavy atom. The molecule has 1 heterocycles. The third-order valence-electron chi connectivity index (χ3n) is 3.31. The number of thiazole rings is 1. The highest BCUT2D eigenvalue weighted by molar-refractivity contribution is 7.22. The summed E-state index contributed by atoms with van der Waals surface area (Å²) < 4.78 is 5.53. The first-order valence-electron chi connectivity index (χ1n) is 7.32. The van der Waals surface area contributed by atoms with Gasteiger partial charge in [0.25, 0.3) is 12.2 Å². The number of hydrogen-bond acceptors (Lipinski definition) is 7. The lowest BCUT2D eigenvalue weighted by molar-refractivity contribution is -0.384. The summed E-state index contributed by atoms with van der Waals surface area (Å²) in [6.07, 6.45) is 0. The van der Waals surface area contributed by atoms with Crippen LogP contribution in [-0.2, 0) is 16.1 Å². The number of ether oxygens (including phenoxy) is 1. The van der Waals surface area contributed by atoms with Crippen LogP contribution in [-0.4, -0.2) is 22.4 Å². The van der Waals surface area contributed by atoms with Crippen LogP contribution >= 0.6 is 11.3 Å². The number of carbonyl (C=O) groups excluding carboxylic acids is 2. The molecule has 0 saturated carbocycles. The van der Waals surface area contributed by atoms with Gasteiger partial charge in [-0.3, -0.25) is 20.2 Å². The lowest BCUT2D eigenvalue weighted by Gasteiger charge is -2.04. The molecule has 1 aromatic heterocycles. The third kappa shape index (κ3) is 4.11. The SMILES string of the molecule is O=COCc1ccc2nc(NC(=O)Nc3cccc([N+](=O)[O-])c3)sc2c1. The van der Waals surface area contributed by atoms with Crippen molar-refractivity contribution >= 4 is 50.6 Å². The van der Waals surface area contributed by atoms with E-state index in [1.54, 1.807) is 18.2 Å². The van der Waals surface area contributed by atoms with E-state index < -0.39 is 11.0 Å². The predicted molar refractivity (Wildman–Crippen MR) is 96.2 cm³/mol. The van der Waals surface area contributed by atoms with Crippen molar-refractivity contribution in [3.05, 3.63) is 58.1 Å². The number of benzene rings is 2. The molecule has 2 aromatic carbocycles. The van der Waals surface area contributed by atoms with Crippen LogP contribution in [0.1, 0.15) is 5.56 Å².